The van der Waals surface area contributed by atoms with E-state index in [9.17, 15) is 0 Å². The molecule has 0 amide bonds. The molecule has 62 valence electrons. The molecule has 2 N–H and O–H groups in total. The predicted octanol–water partition coefficient (Wildman–Crippen LogP) is 1.08. The van der Waals surface area contributed by atoms with Crippen molar-refractivity contribution in [3.05, 3.63) is 29.8 Å². The fraction of sp³-hybridized carbons (Fsp3) is 0.222. The number of hydrazine groups is 1. The molecule has 0 fully saturated rings. The van der Waals surface area contributed by atoms with E-state index < -0.39 is 0 Å². The summed E-state index contributed by atoms with van der Waals surface area (Å²) in [6.45, 7) is 0. The first-order valence-electron chi connectivity index (χ1n) is 3.91. The van der Waals surface area contributed by atoms with Crippen molar-refractivity contribution in [2.75, 3.05) is 7.05 Å². The summed E-state index contributed by atoms with van der Waals surface area (Å²) < 4.78 is 0. The van der Waals surface area contributed by atoms with Gasteiger partial charge in [-0.15, -0.1) is 0 Å². The van der Waals surface area contributed by atoms with Gasteiger partial charge in [0.2, 0.25) is 0 Å². The monoisotopic (exact) mass is 161 g/mol. The zero-order chi connectivity index (χ0) is 8.55. The second-order valence-corrected chi connectivity index (χ2v) is 2.94. The topological polar surface area (TPSA) is 41.6 Å². The van der Waals surface area contributed by atoms with Crippen LogP contribution in [0.25, 0.3) is 0 Å². The summed E-state index contributed by atoms with van der Waals surface area (Å²) in [6, 6.07) is 8.09. The molecule has 3 nitrogen and oxygen atoms in total. The van der Waals surface area contributed by atoms with E-state index in [4.69, 9.17) is 5.84 Å². The quantitative estimate of drug-likeness (QED) is 0.457. The Morgan fingerprint density at radius 2 is 2.17 bits per heavy atom. The number of hydrogen-bond donors (Lipinski definition) is 1. The van der Waals surface area contributed by atoms with Gasteiger partial charge >= 0.3 is 0 Å². The van der Waals surface area contributed by atoms with Gasteiger partial charge in [-0.05, 0) is 11.6 Å². The molecule has 1 aromatic rings. The van der Waals surface area contributed by atoms with Crippen LogP contribution in [-0.2, 0) is 6.42 Å². The van der Waals surface area contributed by atoms with E-state index in [-0.39, 0.29) is 0 Å². The molecule has 0 radical (unpaired) electrons. The third-order valence-corrected chi connectivity index (χ3v) is 2.00. The Bertz CT molecular complexity index is 328. The zero-order valence-electron chi connectivity index (χ0n) is 6.99. The molecule has 1 heterocycles. The fourth-order valence-corrected chi connectivity index (χ4v) is 1.32. The lowest BCUT2D eigenvalue weighted by atomic mass is 10.1. The van der Waals surface area contributed by atoms with E-state index >= 15 is 0 Å². The second kappa shape index (κ2) is 2.60. The number of nitrogens with two attached hydrogens (primary N) is 1. The summed E-state index contributed by atoms with van der Waals surface area (Å²) in [7, 11) is 1.81. The van der Waals surface area contributed by atoms with Gasteiger partial charge in [0, 0.05) is 13.5 Å². The highest BCUT2D eigenvalue weighted by Crippen LogP contribution is 2.25. The number of fused-ring (bicyclic) bond motifs is 1. The van der Waals surface area contributed by atoms with Crippen molar-refractivity contribution in [2.45, 2.75) is 6.42 Å². The lowest BCUT2D eigenvalue weighted by molar-refractivity contribution is 0.532. The van der Waals surface area contributed by atoms with Crippen LogP contribution < -0.4 is 5.84 Å². The molecule has 2 rings (SSSR count). The Morgan fingerprint density at radius 3 is 2.83 bits per heavy atom. The second-order valence-electron chi connectivity index (χ2n) is 2.94. The molecule has 0 saturated heterocycles. The maximum Gasteiger partial charge on any atom is 0.123 e. The molecule has 0 aromatic heterocycles. The van der Waals surface area contributed by atoms with E-state index in [1.165, 1.54) is 5.56 Å². The van der Waals surface area contributed by atoms with Gasteiger partial charge in [0.1, 0.15) is 5.84 Å². The van der Waals surface area contributed by atoms with Crippen molar-refractivity contribution < 1.29 is 0 Å². The highest BCUT2D eigenvalue weighted by atomic mass is 15.4. The van der Waals surface area contributed by atoms with E-state index in [1.807, 2.05) is 25.2 Å². The Balaban J connectivity index is 2.35. The van der Waals surface area contributed by atoms with Gasteiger partial charge in [0.15, 0.2) is 0 Å². The molecule has 12 heavy (non-hydrogen) atoms. The largest absolute Gasteiger partial charge is 0.301 e. The van der Waals surface area contributed by atoms with E-state index in [1.54, 1.807) is 5.01 Å². The van der Waals surface area contributed by atoms with Crippen LogP contribution in [0.1, 0.15) is 5.56 Å². The molecular formula is C9H11N3. The summed E-state index contributed by atoms with van der Waals surface area (Å²) >= 11 is 0. The average molecular weight is 161 g/mol. The number of likely N-dealkylation sites (N-methyl/N-ethyl adjacent to an activating group) is 1. The van der Waals surface area contributed by atoms with Crippen molar-refractivity contribution >= 4 is 11.5 Å². The van der Waals surface area contributed by atoms with E-state index in [2.05, 4.69) is 11.1 Å². The average Bonchev–Trinajstić information content (AvgIpc) is 2.46. The maximum atomic E-state index is 5.58. The van der Waals surface area contributed by atoms with Gasteiger partial charge in [0.25, 0.3) is 0 Å². The van der Waals surface area contributed by atoms with Crippen molar-refractivity contribution in [3.8, 4) is 0 Å². The minimum absolute atomic E-state index is 0.850. The fourth-order valence-electron chi connectivity index (χ4n) is 1.32. The van der Waals surface area contributed by atoms with Crippen LogP contribution >= 0.6 is 0 Å². The van der Waals surface area contributed by atoms with E-state index in [0.29, 0.717) is 0 Å². The van der Waals surface area contributed by atoms with Crippen molar-refractivity contribution in [3.63, 3.8) is 0 Å². The van der Waals surface area contributed by atoms with Crippen molar-refractivity contribution in [2.24, 2.45) is 10.8 Å². The summed E-state index contributed by atoms with van der Waals surface area (Å²) in [4.78, 5) is 4.37. The van der Waals surface area contributed by atoms with Gasteiger partial charge in [-0.2, -0.15) is 0 Å². The van der Waals surface area contributed by atoms with Gasteiger partial charge in [0.05, 0.1) is 5.69 Å². The number of aliphatic imine (C=N–C) groups is 1. The van der Waals surface area contributed by atoms with Crippen LogP contribution in [0, 0.1) is 0 Å². The van der Waals surface area contributed by atoms with Crippen LogP contribution in [0.2, 0.25) is 0 Å². The van der Waals surface area contributed by atoms with Crippen molar-refractivity contribution in [1.82, 2.24) is 5.01 Å². The third kappa shape index (κ3) is 1.08. The Morgan fingerprint density at radius 1 is 1.42 bits per heavy atom. The lowest BCUT2D eigenvalue weighted by Crippen LogP contribution is -2.33. The standard InChI is InChI=1S/C9H11N3/c1-12(10)9-6-7-4-2-3-5-8(7)11-9/h2-5H,6,10H2,1H3. The Kier molecular flexibility index (Phi) is 1.59. The smallest absolute Gasteiger partial charge is 0.123 e. The first kappa shape index (κ1) is 7.31. The molecule has 0 unspecified atom stereocenters. The lowest BCUT2D eigenvalue weighted by Gasteiger charge is -2.09. The van der Waals surface area contributed by atoms with Crippen LogP contribution in [0.15, 0.2) is 29.3 Å². The molecule has 0 saturated carbocycles. The van der Waals surface area contributed by atoms with Gasteiger partial charge in [-0.1, -0.05) is 18.2 Å². The first-order valence-corrected chi connectivity index (χ1v) is 3.91. The van der Waals surface area contributed by atoms with Gasteiger partial charge in [-0.25, -0.2) is 10.8 Å². The number of nitrogens with zero attached hydrogens (tertiary/aromatic N) is 2. The van der Waals surface area contributed by atoms with Crippen LogP contribution in [-0.4, -0.2) is 17.9 Å². The minimum Gasteiger partial charge on any atom is -0.301 e. The SMILES string of the molecule is CN(N)C1=Nc2ccccc2C1. The van der Waals surface area contributed by atoms with E-state index in [0.717, 1.165) is 17.9 Å². The summed E-state index contributed by atoms with van der Waals surface area (Å²) in [5, 5.41) is 1.57. The number of para-hydroxylation sites is 1. The van der Waals surface area contributed by atoms with Crippen molar-refractivity contribution in [1.29, 1.82) is 0 Å². The third-order valence-electron chi connectivity index (χ3n) is 2.00. The molecule has 0 spiro atoms. The zero-order valence-corrected chi connectivity index (χ0v) is 6.99. The molecule has 1 aliphatic heterocycles. The maximum absolute atomic E-state index is 5.58. The molecule has 3 heteroatoms. The normalized spacial score (nSPS) is 14.0. The molecule has 1 aromatic carbocycles. The van der Waals surface area contributed by atoms with Crippen LogP contribution in [0.4, 0.5) is 5.69 Å². The number of rotatable bonds is 0. The molecular weight excluding hydrogens is 150 g/mol. The highest BCUT2D eigenvalue weighted by Gasteiger charge is 2.14. The molecule has 0 bridgehead atoms. The molecule has 1 aliphatic rings. The Labute approximate surface area is 71.5 Å². The van der Waals surface area contributed by atoms with Gasteiger partial charge in [-0.3, -0.25) is 0 Å². The number of benzene rings is 1. The number of amidine groups is 1. The Hall–Kier alpha value is -1.35. The van der Waals surface area contributed by atoms with Crippen LogP contribution in [0.5, 0.6) is 0 Å². The number of hydrogen-bond acceptors (Lipinski definition) is 3. The summed E-state index contributed by atoms with van der Waals surface area (Å²) in [5.41, 5.74) is 2.30. The summed E-state index contributed by atoms with van der Waals surface area (Å²) in [6.07, 6.45) is 0.850. The van der Waals surface area contributed by atoms with Gasteiger partial charge < -0.3 is 5.01 Å². The van der Waals surface area contributed by atoms with Crippen LogP contribution in [0.3, 0.4) is 0 Å². The first-order chi connectivity index (χ1) is 5.77. The highest BCUT2D eigenvalue weighted by molar-refractivity contribution is 5.91. The molecule has 0 atom stereocenters. The summed E-state index contributed by atoms with van der Waals surface area (Å²) in [5.74, 6) is 6.51. The molecule has 0 aliphatic carbocycles. The predicted molar refractivity (Wildman–Crippen MR) is 49.2 cm³/mol. The minimum atomic E-state index is 0.850.